The Morgan fingerprint density at radius 2 is 2.31 bits per heavy atom. The van der Waals surface area contributed by atoms with Gasteiger partial charge in [0.05, 0.1) is 17.2 Å². The maximum atomic E-state index is 12.9. The van der Waals surface area contributed by atoms with Crippen molar-refractivity contribution in [2.75, 3.05) is 0 Å². The van der Waals surface area contributed by atoms with Gasteiger partial charge in [0.2, 0.25) is 0 Å². The fourth-order valence-electron chi connectivity index (χ4n) is 1.57. The summed E-state index contributed by atoms with van der Waals surface area (Å²) in [6.45, 7) is 2.21. The van der Waals surface area contributed by atoms with Gasteiger partial charge < -0.3 is 5.73 Å². The van der Waals surface area contributed by atoms with Crippen LogP contribution in [-0.2, 0) is 6.54 Å². The first-order chi connectivity index (χ1) is 7.58. The predicted octanol–water partition coefficient (Wildman–Crippen LogP) is 0.883. The fraction of sp³-hybridized carbons (Fsp3) is 0.273. The highest BCUT2D eigenvalue weighted by Crippen LogP contribution is 2.08. The van der Waals surface area contributed by atoms with Gasteiger partial charge in [0.25, 0.3) is 5.56 Å². The molecule has 0 aliphatic rings. The summed E-state index contributed by atoms with van der Waals surface area (Å²) < 4.78 is 14.3. The van der Waals surface area contributed by atoms with Crippen LogP contribution in [0.25, 0.3) is 10.9 Å². The molecule has 1 atom stereocenters. The van der Waals surface area contributed by atoms with Crippen LogP contribution in [0.15, 0.2) is 29.3 Å². The molecule has 0 bridgehead atoms. The molecular formula is C11H12FN3O. The third kappa shape index (κ3) is 1.94. The van der Waals surface area contributed by atoms with Gasteiger partial charge >= 0.3 is 0 Å². The first-order valence-corrected chi connectivity index (χ1v) is 4.98. The Kier molecular flexibility index (Phi) is 2.70. The Morgan fingerprint density at radius 1 is 1.56 bits per heavy atom. The molecule has 0 saturated carbocycles. The van der Waals surface area contributed by atoms with E-state index in [-0.39, 0.29) is 11.6 Å². The molecule has 84 valence electrons. The molecule has 0 saturated heterocycles. The van der Waals surface area contributed by atoms with E-state index in [0.717, 1.165) is 0 Å². The first-order valence-electron chi connectivity index (χ1n) is 4.98. The van der Waals surface area contributed by atoms with E-state index in [1.165, 1.54) is 29.1 Å². The monoisotopic (exact) mass is 221 g/mol. The van der Waals surface area contributed by atoms with Crippen LogP contribution in [-0.4, -0.2) is 15.6 Å². The molecule has 1 aromatic heterocycles. The van der Waals surface area contributed by atoms with Crippen molar-refractivity contribution in [3.8, 4) is 0 Å². The molecule has 2 aromatic rings. The molecule has 0 amide bonds. The van der Waals surface area contributed by atoms with Crippen molar-refractivity contribution in [2.45, 2.75) is 19.5 Å². The van der Waals surface area contributed by atoms with Crippen LogP contribution in [0.2, 0.25) is 0 Å². The van der Waals surface area contributed by atoms with Gasteiger partial charge in [-0.05, 0) is 19.1 Å². The van der Waals surface area contributed by atoms with Gasteiger partial charge in [-0.25, -0.2) is 9.37 Å². The van der Waals surface area contributed by atoms with Crippen LogP contribution in [0.3, 0.4) is 0 Å². The molecule has 5 heteroatoms. The Bertz CT molecular complexity index is 577. The van der Waals surface area contributed by atoms with E-state index in [1.807, 2.05) is 0 Å². The van der Waals surface area contributed by atoms with Gasteiger partial charge in [0.15, 0.2) is 0 Å². The minimum Gasteiger partial charge on any atom is -0.326 e. The van der Waals surface area contributed by atoms with E-state index >= 15 is 0 Å². The molecule has 0 aliphatic heterocycles. The lowest BCUT2D eigenvalue weighted by atomic mass is 10.2. The van der Waals surface area contributed by atoms with Crippen LogP contribution in [0.5, 0.6) is 0 Å². The molecule has 2 N–H and O–H groups in total. The van der Waals surface area contributed by atoms with Gasteiger partial charge in [-0.1, -0.05) is 0 Å². The van der Waals surface area contributed by atoms with Crippen molar-refractivity contribution in [1.29, 1.82) is 0 Å². The third-order valence-corrected chi connectivity index (χ3v) is 2.27. The van der Waals surface area contributed by atoms with Crippen LogP contribution in [0, 0.1) is 5.82 Å². The largest absolute Gasteiger partial charge is 0.326 e. The Morgan fingerprint density at radius 3 is 3.00 bits per heavy atom. The van der Waals surface area contributed by atoms with E-state index in [9.17, 15) is 9.18 Å². The zero-order valence-corrected chi connectivity index (χ0v) is 8.85. The van der Waals surface area contributed by atoms with Crippen molar-refractivity contribution in [1.82, 2.24) is 9.55 Å². The molecule has 2 rings (SSSR count). The van der Waals surface area contributed by atoms with Crippen molar-refractivity contribution < 1.29 is 4.39 Å². The average Bonchev–Trinajstić information content (AvgIpc) is 2.22. The van der Waals surface area contributed by atoms with Crippen LogP contribution in [0.1, 0.15) is 6.92 Å². The number of halogens is 1. The number of fused-ring (bicyclic) bond motifs is 1. The summed E-state index contributed by atoms with van der Waals surface area (Å²) in [6.07, 6.45) is 1.40. The molecule has 16 heavy (non-hydrogen) atoms. The molecule has 0 spiro atoms. The smallest absolute Gasteiger partial charge is 0.261 e. The highest BCUT2D eigenvalue weighted by Gasteiger charge is 2.06. The Balaban J connectivity index is 2.61. The summed E-state index contributed by atoms with van der Waals surface area (Å²) >= 11 is 0. The second-order valence-electron chi connectivity index (χ2n) is 3.84. The second kappa shape index (κ2) is 4.02. The maximum absolute atomic E-state index is 12.9. The third-order valence-electron chi connectivity index (χ3n) is 2.27. The van der Waals surface area contributed by atoms with E-state index in [2.05, 4.69) is 4.98 Å². The van der Waals surface area contributed by atoms with Gasteiger partial charge in [-0.2, -0.15) is 0 Å². The highest BCUT2D eigenvalue weighted by molar-refractivity contribution is 5.77. The van der Waals surface area contributed by atoms with E-state index in [1.54, 1.807) is 6.92 Å². The summed E-state index contributed by atoms with van der Waals surface area (Å²) in [5, 5.41) is 0.407. The normalized spacial score (nSPS) is 12.9. The number of hydrogen-bond donors (Lipinski definition) is 1. The predicted molar refractivity (Wildman–Crippen MR) is 59.6 cm³/mol. The van der Waals surface area contributed by atoms with Crippen LogP contribution < -0.4 is 11.3 Å². The summed E-state index contributed by atoms with van der Waals surface area (Å²) in [4.78, 5) is 15.9. The molecule has 1 heterocycles. The van der Waals surface area contributed by atoms with Gasteiger partial charge in [-0.3, -0.25) is 9.36 Å². The lowest BCUT2D eigenvalue weighted by Crippen LogP contribution is -2.30. The van der Waals surface area contributed by atoms with Crippen molar-refractivity contribution in [3.05, 3.63) is 40.7 Å². The van der Waals surface area contributed by atoms with Crippen molar-refractivity contribution in [2.24, 2.45) is 5.73 Å². The highest BCUT2D eigenvalue weighted by atomic mass is 19.1. The molecule has 4 nitrogen and oxygen atoms in total. The SMILES string of the molecule is CC(N)Cn1cnc2cc(F)ccc2c1=O. The first kappa shape index (κ1) is 10.8. The summed E-state index contributed by atoms with van der Waals surface area (Å²) in [5.74, 6) is -0.399. The molecule has 0 fully saturated rings. The maximum Gasteiger partial charge on any atom is 0.261 e. The van der Waals surface area contributed by atoms with Gasteiger partial charge in [0.1, 0.15) is 5.82 Å². The number of rotatable bonds is 2. The standard InChI is InChI=1S/C11H12FN3O/c1-7(13)5-15-6-14-10-4-8(12)2-3-9(10)11(15)16/h2-4,6-7H,5,13H2,1H3. The minimum absolute atomic E-state index is 0.127. The van der Waals surface area contributed by atoms with E-state index in [0.29, 0.717) is 17.4 Å². The molecule has 1 aromatic carbocycles. The van der Waals surface area contributed by atoms with Crippen molar-refractivity contribution in [3.63, 3.8) is 0 Å². The summed E-state index contributed by atoms with van der Waals surface area (Å²) in [7, 11) is 0. The Labute approximate surface area is 91.5 Å². The Hall–Kier alpha value is -1.75. The average molecular weight is 221 g/mol. The van der Waals surface area contributed by atoms with Crippen molar-refractivity contribution >= 4 is 10.9 Å². The molecular weight excluding hydrogens is 209 g/mol. The number of nitrogens with two attached hydrogens (primary N) is 1. The zero-order chi connectivity index (χ0) is 11.7. The quantitative estimate of drug-likeness (QED) is 0.819. The molecule has 0 radical (unpaired) electrons. The number of benzene rings is 1. The van der Waals surface area contributed by atoms with E-state index in [4.69, 9.17) is 5.73 Å². The zero-order valence-electron chi connectivity index (χ0n) is 8.85. The lowest BCUT2D eigenvalue weighted by Gasteiger charge is -2.08. The number of nitrogens with zero attached hydrogens (tertiary/aromatic N) is 2. The van der Waals surface area contributed by atoms with Crippen LogP contribution >= 0.6 is 0 Å². The molecule has 1 unspecified atom stereocenters. The number of aromatic nitrogens is 2. The topological polar surface area (TPSA) is 60.9 Å². The fourth-order valence-corrected chi connectivity index (χ4v) is 1.57. The summed E-state index contributed by atoms with van der Waals surface area (Å²) in [6, 6.07) is 3.81. The van der Waals surface area contributed by atoms with Gasteiger partial charge in [0, 0.05) is 18.7 Å². The van der Waals surface area contributed by atoms with Crippen LogP contribution in [0.4, 0.5) is 4.39 Å². The molecule has 0 aliphatic carbocycles. The van der Waals surface area contributed by atoms with Gasteiger partial charge in [-0.15, -0.1) is 0 Å². The second-order valence-corrected chi connectivity index (χ2v) is 3.84. The van der Waals surface area contributed by atoms with E-state index < -0.39 is 5.82 Å². The number of hydrogen-bond acceptors (Lipinski definition) is 3. The summed E-state index contributed by atoms with van der Waals surface area (Å²) in [5.41, 5.74) is 5.79. The minimum atomic E-state index is -0.399. The lowest BCUT2D eigenvalue weighted by molar-refractivity contribution is 0.570.